The summed E-state index contributed by atoms with van der Waals surface area (Å²) in [6.07, 6.45) is 0. The lowest BCUT2D eigenvalue weighted by molar-refractivity contribution is 0.102. The molecule has 1 aromatic heterocycles. The van der Waals surface area contributed by atoms with Crippen LogP contribution in [0.2, 0.25) is 0 Å². The molecule has 0 aliphatic heterocycles. The Hall–Kier alpha value is -3.47. The molecule has 0 aliphatic carbocycles. The van der Waals surface area contributed by atoms with Crippen LogP contribution in [0.15, 0.2) is 71.1 Å². The van der Waals surface area contributed by atoms with Crippen LogP contribution in [-0.2, 0) is 0 Å². The Bertz CT molecular complexity index is 1120. The molecule has 1 amide bonds. The van der Waals surface area contributed by atoms with Gasteiger partial charge in [0.1, 0.15) is 11.3 Å². The number of aromatic nitrogens is 1. The van der Waals surface area contributed by atoms with Gasteiger partial charge in [0, 0.05) is 16.8 Å². The topological polar surface area (TPSA) is 55.1 Å². The number of nitrogens with one attached hydrogen (secondary N) is 1. The van der Waals surface area contributed by atoms with Gasteiger partial charge in [-0.05, 0) is 55.5 Å². The van der Waals surface area contributed by atoms with Crippen LogP contribution in [0, 0.1) is 12.7 Å². The lowest BCUT2D eigenvalue weighted by Gasteiger charge is -2.04. The molecule has 4 aromatic rings. The number of nitrogens with zero attached hydrogens (tertiary/aromatic N) is 1. The highest BCUT2D eigenvalue weighted by molar-refractivity contribution is 6.04. The highest BCUT2D eigenvalue weighted by atomic mass is 19.1. The number of rotatable bonds is 3. The van der Waals surface area contributed by atoms with Gasteiger partial charge in [-0.2, -0.15) is 0 Å². The van der Waals surface area contributed by atoms with Crippen molar-refractivity contribution in [1.29, 1.82) is 0 Å². The third kappa shape index (κ3) is 3.19. The molecule has 0 spiro atoms. The predicted octanol–water partition coefficient (Wildman–Crippen LogP) is 5.19. The number of carbonyl (C=O) groups is 1. The van der Waals surface area contributed by atoms with Crippen LogP contribution in [0.4, 0.5) is 10.1 Å². The number of hydrogen-bond donors (Lipinski definition) is 1. The van der Waals surface area contributed by atoms with E-state index in [9.17, 15) is 9.18 Å². The largest absolute Gasteiger partial charge is 0.436 e. The van der Waals surface area contributed by atoms with Gasteiger partial charge < -0.3 is 9.73 Å². The second-order valence-corrected chi connectivity index (χ2v) is 6.04. The molecule has 0 fully saturated rings. The summed E-state index contributed by atoms with van der Waals surface area (Å²) in [6.45, 7) is 2.01. The molecule has 1 N–H and O–H groups in total. The number of amides is 1. The predicted molar refractivity (Wildman–Crippen MR) is 98.5 cm³/mol. The van der Waals surface area contributed by atoms with Crippen molar-refractivity contribution in [2.45, 2.75) is 6.92 Å². The molecule has 26 heavy (non-hydrogen) atoms. The highest BCUT2D eigenvalue weighted by Crippen LogP contribution is 2.26. The molecule has 128 valence electrons. The Morgan fingerprint density at radius 1 is 1.04 bits per heavy atom. The maximum absolute atomic E-state index is 13.3. The number of aryl methyl sites for hydroxylation is 1. The molecule has 0 saturated heterocycles. The van der Waals surface area contributed by atoms with Gasteiger partial charge in [-0.3, -0.25) is 4.79 Å². The lowest BCUT2D eigenvalue weighted by atomic mass is 10.1. The summed E-state index contributed by atoms with van der Waals surface area (Å²) in [7, 11) is 0. The zero-order chi connectivity index (χ0) is 18.1. The number of halogens is 1. The van der Waals surface area contributed by atoms with Crippen molar-refractivity contribution in [2.75, 3.05) is 5.32 Å². The molecule has 0 unspecified atom stereocenters. The first-order chi connectivity index (χ1) is 12.6. The van der Waals surface area contributed by atoms with E-state index >= 15 is 0 Å². The van der Waals surface area contributed by atoms with Crippen LogP contribution < -0.4 is 5.32 Å². The summed E-state index contributed by atoms with van der Waals surface area (Å²) < 4.78 is 19.1. The third-order valence-electron chi connectivity index (χ3n) is 4.00. The van der Waals surface area contributed by atoms with Crippen LogP contribution in [-0.4, -0.2) is 10.9 Å². The van der Waals surface area contributed by atoms with Gasteiger partial charge in [-0.25, -0.2) is 9.37 Å². The van der Waals surface area contributed by atoms with Gasteiger partial charge >= 0.3 is 0 Å². The molecule has 0 saturated carbocycles. The zero-order valence-corrected chi connectivity index (χ0v) is 14.0. The molecule has 4 nitrogen and oxygen atoms in total. The Labute approximate surface area is 149 Å². The van der Waals surface area contributed by atoms with Crippen LogP contribution in [0.3, 0.4) is 0 Å². The number of benzene rings is 3. The van der Waals surface area contributed by atoms with E-state index in [1.807, 2.05) is 31.2 Å². The van der Waals surface area contributed by atoms with E-state index in [2.05, 4.69) is 10.3 Å². The van der Waals surface area contributed by atoms with Crippen molar-refractivity contribution in [1.82, 2.24) is 4.98 Å². The monoisotopic (exact) mass is 346 g/mol. The van der Waals surface area contributed by atoms with Crippen molar-refractivity contribution < 1.29 is 13.6 Å². The van der Waals surface area contributed by atoms with E-state index in [1.54, 1.807) is 24.3 Å². The van der Waals surface area contributed by atoms with Crippen molar-refractivity contribution in [3.05, 3.63) is 83.7 Å². The zero-order valence-electron chi connectivity index (χ0n) is 14.0. The van der Waals surface area contributed by atoms with E-state index in [0.717, 1.165) is 11.1 Å². The quantitative estimate of drug-likeness (QED) is 0.555. The van der Waals surface area contributed by atoms with Crippen LogP contribution in [0.25, 0.3) is 22.6 Å². The first-order valence-electron chi connectivity index (χ1n) is 8.13. The van der Waals surface area contributed by atoms with E-state index in [1.165, 1.54) is 18.2 Å². The average Bonchev–Trinajstić information content (AvgIpc) is 3.05. The van der Waals surface area contributed by atoms with Gasteiger partial charge in [0.2, 0.25) is 5.89 Å². The van der Waals surface area contributed by atoms with Gasteiger partial charge in [-0.1, -0.05) is 23.8 Å². The first-order valence-corrected chi connectivity index (χ1v) is 8.13. The number of carbonyl (C=O) groups excluding carboxylic acids is 1. The summed E-state index contributed by atoms with van der Waals surface area (Å²) in [4.78, 5) is 16.7. The second kappa shape index (κ2) is 6.44. The number of oxazole rings is 1. The van der Waals surface area contributed by atoms with E-state index < -0.39 is 5.82 Å². The average molecular weight is 346 g/mol. The summed E-state index contributed by atoms with van der Waals surface area (Å²) in [5.74, 6) is -0.309. The molecular formula is C21H15FN2O2. The minimum atomic E-state index is -0.451. The second-order valence-electron chi connectivity index (χ2n) is 6.04. The third-order valence-corrected chi connectivity index (χ3v) is 4.00. The maximum Gasteiger partial charge on any atom is 0.255 e. The maximum atomic E-state index is 13.3. The summed E-state index contributed by atoms with van der Waals surface area (Å²) >= 11 is 0. The number of hydrogen-bond acceptors (Lipinski definition) is 3. The van der Waals surface area contributed by atoms with E-state index in [4.69, 9.17) is 4.42 Å². The SMILES string of the molecule is Cc1cccc(-c2nc3cc(NC(=O)c4cccc(F)c4)ccc3o2)c1. The van der Waals surface area contributed by atoms with Crippen LogP contribution in [0.5, 0.6) is 0 Å². The normalized spacial score (nSPS) is 10.8. The van der Waals surface area contributed by atoms with Crippen molar-refractivity contribution >= 4 is 22.7 Å². The molecule has 0 bridgehead atoms. The smallest absolute Gasteiger partial charge is 0.255 e. The Balaban J connectivity index is 1.62. The van der Waals surface area contributed by atoms with Gasteiger partial charge in [-0.15, -0.1) is 0 Å². The Morgan fingerprint density at radius 3 is 2.69 bits per heavy atom. The Morgan fingerprint density at radius 2 is 1.88 bits per heavy atom. The van der Waals surface area contributed by atoms with E-state index in [-0.39, 0.29) is 11.5 Å². The minimum absolute atomic E-state index is 0.255. The Kier molecular flexibility index (Phi) is 3.97. The minimum Gasteiger partial charge on any atom is -0.436 e. The standard InChI is InChI=1S/C21H15FN2O2/c1-13-4-2-6-15(10-13)21-24-18-12-17(8-9-19(18)26-21)23-20(25)14-5-3-7-16(22)11-14/h2-12H,1H3,(H,23,25). The van der Waals surface area contributed by atoms with E-state index in [0.29, 0.717) is 22.7 Å². The lowest BCUT2D eigenvalue weighted by Crippen LogP contribution is -2.11. The van der Waals surface area contributed by atoms with Crippen molar-refractivity contribution in [2.24, 2.45) is 0 Å². The molecular weight excluding hydrogens is 331 g/mol. The fraction of sp³-hybridized carbons (Fsp3) is 0.0476. The molecule has 4 rings (SSSR count). The molecule has 1 heterocycles. The van der Waals surface area contributed by atoms with Crippen molar-refractivity contribution in [3.63, 3.8) is 0 Å². The van der Waals surface area contributed by atoms with Gasteiger partial charge in [0.15, 0.2) is 5.58 Å². The fourth-order valence-corrected chi connectivity index (χ4v) is 2.74. The number of anilines is 1. The van der Waals surface area contributed by atoms with Crippen molar-refractivity contribution in [3.8, 4) is 11.5 Å². The first kappa shape index (κ1) is 16.0. The summed E-state index contributed by atoms with van der Waals surface area (Å²) in [5, 5.41) is 2.75. The highest BCUT2D eigenvalue weighted by Gasteiger charge is 2.11. The summed E-state index contributed by atoms with van der Waals surface area (Å²) in [5.41, 5.74) is 4.10. The molecule has 3 aromatic carbocycles. The molecule has 0 radical (unpaired) electrons. The number of fused-ring (bicyclic) bond motifs is 1. The molecule has 0 atom stereocenters. The van der Waals surface area contributed by atoms with Gasteiger partial charge in [0.25, 0.3) is 5.91 Å². The van der Waals surface area contributed by atoms with Crippen LogP contribution in [0.1, 0.15) is 15.9 Å². The van der Waals surface area contributed by atoms with Gasteiger partial charge in [0.05, 0.1) is 0 Å². The molecule has 0 aliphatic rings. The summed E-state index contributed by atoms with van der Waals surface area (Å²) in [6, 6.07) is 18.6. The molecule has 5 heteroatoms. The van der Waals surface area contributed by atoms with Crippen LogP contribution >= 0.6 is 0 Å². The fourth-order valence-electron chi connectivity index (χ4n) is 2.74.